The van der Waals surface area contributed by atoms with Crippen LogP contribution in [0.2, 0.25) is 0 Å². The molecule has 0 aromatic heterocycles. The topological polar surface area (TPSA) is 307 Å². The van der Waals surface area contributed by atoms with Crippen LogP contribution in [0.5, 0.6) is 0 Å². The summed E-state index contributed by atoms with van der Waals surface area (Å²) in [5, 5.41) is 120. The van der Waals surface area contributed by atoms with E-state index >= 15 is 0 Å². The van der Waals surface area contributed by atoms with Gasteiger partial charge in [0.1, 0.15) is 73.2 Å². The van der Waals surface area contributed by atoms with Gasteiger partial charge in [-0.25, -0.2) is 0 Å². The third-order valence-electron chi connectivity index (χ3n) is 14.1. The second-order valence-electron chi connectivity index (χ2n) is 20.4. The van der Waals surface area contributed by atoms with Crippen LogP contribution in [0.1, 0.15) is 168 Å². The SMILES string of the molecule is CC/C=C\C/C=C\C/C=C\CCCCCCCCCC(=O)NC(COC1OC(CO)C(OC2OC(CO)C(OC3OC(CO)C(O)C(O)C3O)C(O)C2O)C(O)C1O)C(O)/C=C/CCCCCCCCCCCCC. The zero-order chi connectivity index (χ0) is 54.8. The molecule has 3 fully saturated rings. The monoisotopic (exact) mass is 1070 g/mol. The summed E-state index contributed by atoms with van der Waals surface area (Å²) in [6.45, 7) is 1.57. The molecule has 3 heterocycles. The second kappa shape index (κ2) is 40.0. The molecule has 3 rings (SSSR count). The van der Waals surface area contributed by atoms with Crippen LogP contribution in [0, 0.1) is 0 Å². The number of hydrogen-bond acceptors (Lipinski definition) is 18. The smallest absolute Gasteiger partial charge is 0.220 e. The van der Waals surface area contributed by atoms with E-state index in [-0.39, 0.29) is 18.9 Å². The van der Waals surface area contributed by atoms with Crippen LogP contribution in [-0.2, 0) is 33.2 Å². The second-order valence-corrected chi connectivity index (χ2v) is 20.4. The quantitative estimate of drug-likeness (QED) is 0.0306. The molecular weight excluding hydrogens is 975 g/mol. The molecule has 0 aliphatic carbocycles. The normalized spacial score (nSPS) is 31.6. The molecule has 1 amide bonds. The van der Waals surface area contributed by atoms with Gasteiger partial charge in [-0.1, -0.05) is 159 Å². The van der Waals surface area contributed by atoms with Crippen molar-refractivity contribution in [3.8, 4) is 0 Å². The Hall–Kier alpha value is -2.25. The van der Waals surface area contributed by atoms with Crippen molar-refractivity contribution in [3.05, 3.63) is 48.6 Å². The number of allylic oxidation sites excluding steroid dienone is 7. The molecule has 17 atom stereocenters. The lowest BCUT2D eigenvalue weighted by molar-refractivity contribution is -0.379. The summed E-state index contributed by atoms with van der Waals surface area (Å²) < 4.78 is 34.2. The molecule has 436 valence electrons. The summed E-state index contributed by atoms with van der Waals surface area (Å²) in [6, 6.07) is -0.977. The highest BCUT2D eigenvalue weighted by atomic mass is 16.8. The number of ether oxygens (including phenoxy) is 6. The summed E-state index contributed by atoms with van der Waals surface area (Å²) in [7, 11) is 0. The molecule has 3 saturated heterocycles. The number of rotatable bonds is 40. The molecule has 0 radical (unpaired) electrons. The van der Waals surface area contributed by atoms with Crippen molar-refractivity contribution in [3.63, 3.8) is 0 Å². The first-order chi connectivity index (χ1) is 36.3. The van der Waals surface area contributed by atoms with E-state index in [2.05, 4.69) is 55.6 Å². The summed E-state index contributed by atoms with van der Waals surface area (Å²) >= 11 is 0. The number of unbranched alkanes of at least 4 members (excludes halogenated alkanes) is 18. The lowest BCUT2D eigenvalue weighted by Crippen LogP contribution is -2.66. The number of hydrogen-bond donors (Lipinski definition) is 12. The highest BCUT2D eigenvalue weighted by molar-refractivity contribution is 5.76. The first kappa shape index (κ1) is 67.0. The molecule has 0 aromatic rings. The van der Waals surface area contributed by atoms with E-state index in [1.165, 1.54) is 51.4 Å². The molecule has 17 unspecified atom stereocenters. The minimum Gasteiger partial charge on any atom is -0.394 e. The Morgan fingerprint density at radius 2 is 0.920 bits per heavy atom. The summed E-state index contributed by atoms with van der Waals surface area (Å²) in [6.07, 6.45) is 15.2. The van der Waals surface area contributed by atoms with Crippen molar-refractivity contribution in [1.29, 1.82) is 0 Å². The van der Waals surface area contributed by atoms with E-state index in [4.69, 9.17) is 28.4 Å². The predicted molar refractivity (Wildman–Crippen MR) is 282 cm³/mol. The fourth-order valence-corrected chi connectivity index (χ4v) is 9.44. The van der Waals surface area contributed by atoms with Crippen LogP contribution in [0.25, 0.3) is 0 Å². The van der Waals surface area contributed by atoms with Gasteiger partial charge in [-0.2, -0.15) is 0 Å². The van der Waals surface area contributed by atoms with Gasteiger partial charge in [-0.3, -0.25) is 4.79 Å². The molecular formula is C56H99NO18. The van der Waals surface area contributed by atoms with Crippen LogP contribution in [-0.4, -0.2) is 193 Å². The Labute approximate surface area is 446 Å². The average Bonchev–Trinajstić information content (AvgIpc) is 3.41. The number of aliphatic hydroxyl groups excluding tert-OH is 11. The molecule has 0 spiro atoms. The van der Waals surface area contributed by atoms with Crippen LogP contribution in [0.15, 0.2) is 48.6 Å². The lowest BCUT2D eigenvalue weighted by atomic mass is 9.96. The van der Waals surface area contributed by atoms with Crippen molar-refractivity contribution in [2.45, 2.75) is 272 Å². The van der Waals surface area contributed by atoms with Gasteiger partial charge in [0.15, 0.2) is 18.9 Å². The molecule has 3 aliphatic heterocycles. The number of aliphatic hydroxyl groups is 11. The molecule has 0 saturated carbocycles. The van der Waals surface area contributed by atoms with E-state index in [0.717, 1.165) is 89.9 Å². The summed E-state index contributed by atoms with van der Waals surface area (Å²) in [5.74, 6) is -0.289. The largest absolute Gasteiger partial charge is 0.394 e. The van der Waals surface area contributed by atoms with Crippen molar-refractivity contribution >= 4 is 5.91 Å². The Balaban J connectivity index is 1.53. The van der Waals surface area contributed by atoms with Crippen molar-refractivity contribution in [1.82, 2.24) is 5.32 Å². The zero-order valence-electron chi connectivity index (χ0n) is 45.0. The van der Waals surface area contributed by atoms with Gasteiger partial charge in [-0.15, -0.1) is 0 Å². The molecule has 12 N–H and O–H groups in total. The molecule has 75 heavy (non-hydrogen) atoms. The molecule has 0 bridgehead atoms. The molecule has 19 nitrogen and oxygen atoms in total. The Morgan fingerprint density at radius 3 is 1.44 bits per heavy atom. The highest BCUT2D eigenvalue weighted by Gasteiger charge is 2.53. The van der Waals surface area contributed by atoms with Crippen LogP contribution in [0.3, 0.4) is 0 Å². The van der Waals surface area contributed by atoms with Gasteiger partial charge in [0.2, 0.25) is 5.91 Å². The van der Waals surface area contributed by atoms with E-state index in [1.807, 2.05) is 6.08 Å². The van der Waals surface area contributed by atoms with Gasteiger partial charge in [-0.05, 0) is 51.4 Å². The minimum absolute atomic E-state index is 0.230. The standard InChI is InChI=1S/C56H99NO18/c1-3-5-7-9-11-13-15-17-18-19-20-22-24-26-28-30-32-34-44(62)57-39(40(61)33-31-29-27-25-23-21-16-14-12-10-8-6-4-2)38-70-54-50(68)47(65)52(42(36-59)72-54)75-56-51(69)48(66)53(43(37-60)73-56)74-55-49(67)46(64)45(63)41(35-58)71-55/h5,7,11,13,17-18,31,33,39-43,45-56,58-61,63-69H,3-4,6,8-10,12,14-16,19-30,32,34-38H2,1-2H3,(H,57,62)/b7-5-,13-11-,18-17-,33-31+. The first-order valence-electron chi connectivity index (χ1n) is 28.4. The number of carbonyl (C=O) groups is 1. The minimum atomic E-state index is -1.98. The van der Waals surface area contributed by atoms with Crippen LogP contribution >= 0.6 is 0 Å². The van der Waals surface area contributed by atoms with E-state index in [9.17, 15) is 61.0 Å². The third kappa shape index (κ3) is 24.8. The number of carbonyl (C=O) groups excluding carboxylic acids is 1. The zero-order valence-corrected chi connectivity index (χ0v) is 45.0. The maximum absolute atomic E-state index is 13.3. The van der Waals surface area contributed by atoms with Gasteiger partial charge in [0.05, 0.1) is 38.6 Å². The van der Waals surface area contributed by atoms with Gasteiger partial charge in [0.25, 0.3) is 0 Å². The Bertz CT molecular complexity index is 1570. The third-order valence-corrected chi connectivity index (χ3v) is 14.1. The van der Waals surface area contributed by atoms with Crippen molar-refractivity contribution in [2.75, 3.05) is 26.4 Å². The lowest BCUT2D eigenvalue weighted by Gasteiger charge is -2.48. The summed E-state index contributed by atoms with van der Waals surface area (Å²) in [4.78, 5) is 13.3. The Kier molecular flexibility index (Phi) is 35.8. The van der Waals surface area contributed by atoms with Gasteiger partial charge >= 0.3 is 0 Å². The van der Waals surface area contributed by atoms with E-state index < -0.39 is 124 Å². The Morgan fingerprint density at radius 1 is 0.493 bits per heavy atom. The number of nitrogens with one attached hydrogen (secondary N) is 1. The maximum atomic E-state index is 13.3. The predicted octanol–water partition coefficient (Wildman–Crippen LogP) is 3.92. The fraction of sp³-hybridized carbons (Fsp3) is 0.839. The van der Waals surface area contributed by atoms with Crippen LogP contribution in [0.4, 0.5) is 0 Å². The van der Waals surface area contributed by atoms with E-state index in [1.54, 1.807) is 6.08 Å². The molecule has 0 aromatic carbocycles. The van der Waals surface area contributed by atoms with Gasteiger partial charge < -0.3 is 89.9 Å². The first-order valence-corrected chi connectivity index (χ1v) is 28.4. The van der Waals surface area contributed by atoms with E-state index in [0.29, 0.717) is 6.42 Å². The molecule has 3 aliphatic rings. The highest BCUT2D eigenvalue weighted by Crippen LogP contribution is 2.33. The maximum Gasteiger partial charge on any atom is 0.220 e. The van der Waals surface area contributed by atoms with Gasteiger partial charge in [0, 0.05) is 6.42 Å². The van der Waals surface area contributed by atoms with Crippen molar-refractivity contribution in [2.24, 2.45) is 0 Å². The number of amides is 1. The van der Waals surface area contributed by atoms with Crippen molar-refractivity contribution < 1.29 is 89.4 Å². The van der Waals surface area contributed by atoms with Crippen LogP contribution < -0.4 is 5.32 Å². The fourth-order valence-electron chi connectivity index (χ4n) is 9.44. The summed E-state index contributed by atoms with van der Waals surface area (Å²) in [5.41, 5.74) is 0. The molecule has 19 heteroatoms. The average molecular weight is 1070 g/mol.